The summed E-state index contributed by atoms with van der Waals surface area (Å²) in [6.45, 7) is 1.92. The van der Waals surface area contributed by atoms with Crippen molar-refractivity contribution in [2.24, 2.45) is 0 Å². The van der Waals surface area contributed by atoms with Gasteiger partial charge in [-0.25, -0.2) is 13.1 Å². The molecule has 1 unspecified atom stereocenters. The van der Waals surface area contributed by atoms with Gasteiger partial charge in [-0.05, 0) is 47.5 Å². The molecule has 4 aromatic carbocycles. The second kappa shape index (κ2) is 7.61. The molecule has 1 atom stereocenters. The van der Waals surface area contributed by atoms with E-state index in [2.05, 4.69) is 15.0 Å². The summed E-state index contributed by atoms with van der Waals surface area (Å²) in [6.07, 6.45) is -0.773. The summed E-state index contributed by atoms with van der Waals surface area (Å²) in [5.41, 5.74) is 3.23. The highest BCUT2D eigenvalue weighted by Crippen LogP contribution is 2.28. The zero-order valence-electron chi connectivity index (χ0n) is 16.8. The highest BCUT2D eigenvalue weighted by atomic mass is 32.2. The lowest BCUT2D eigenvalue weighted by Crippen LogP contribution is -2.34. The molecule has 0 fully saturated rings. The molecule has 5 rings (SSSR count). The molecule has 7 heteroatoms. The maximum absolute atomic E-state index is 13.3. The summed E-state index contributed by atoms with van der Waals surface area (Å²) < 4.78 is 31.1. The van der Waals surface area contributed by atoms with Crippen LogP contribution in [-0.2, 0) is 10.0 Å². The Kier molecular flexibility index (Phi) is 4.77. The van der Waals surface area contributed by atoms with Gasteiger partial charge in [0.15, 0.2) is 0 Å². The average Bonchev–Trinajstić information content (AvgIpc) is 3.21. The highest BCUT2D eigenvalue weighted by Gasteiger charge is 2.26. The van der Waals surface area contributed by atoms with Gasteiger partial charge in [0, 0.05) is 0 Å². The lowest BCUT2D eigenvalue weighted by atomic mass is 10.0. The minimum atomic E-state index is -3.83. The van der Waals surface area contributed by atoms with Crippen LogP contribution in [0.3, 0.4) is 0 Å². The number of sulfonamides is 1. The van der Waals surface area contributed by atoms with E-state index >= 15 is 0 Å². The molecule has 0 saturated carbocycles. The number of nitrogens with one attached hydrogen (secondary N) is 1. The summed E-state index contributed by atoms with van der Waals surface area (Å²) in [4.78, 5) is 0.202. The summed E-state index contributed by atoms with van der Waals surface area (Å²) in [5.74, 6) is 0. The SMILES string of the molecule is Cc1ccc(S(=O)(=O)NC(c2cccc3ccccc23)n2nnc3ccccc32)cc1. The number of aryl methyl sites for hydroxylation is 1. The van der Waals surface area contributed by atoms with E-state index in [1.807, 2.05) is 73.7 Å². The molecule has 0 amide bonds. The molecule has 0 aliphatic heterocycles. The van der Waals surface area contributed by atoms with Crippen LogP contribution in [0.2, 0.25) is 0 Å². The Hall–Kier alpha value is -3.55. The molecule has 6 nitrogen and oxygen atoms in total. The molecular weight excluding hydrogens is 408 g/mol. The second-order valence-corrected chi connectivity index (χ2v) is 9.14. The van der Waals surface area contributed by atoms with Crippen molar-refractivity contribution in [3.05, 3.63) is 102 Å². The van der Waals surface area contributed by atoms with Crippen molar-refractivity contribution < 1.29 is 8.42 Å². The lowest BCUT2D eigenvalue weighted by Gasteiger charge is -2.22. The number of hydrogen-bond acceptors (Lipinski definition) is 4. The van der Waals surface area contributed by atoms with E-state index in [4.69, 9.17) is 0 Å². The van der Waals surface area contributed by atoms with Crippen molar-refractivity contribution in [2.75, 3.05) is 0 Å². The maximum atomic E-state index is 13.3. The zero-order chi connectivity index (χ0) is 21.4. The van der Waals surface area contributed by atoms with Crippen LogP contribution in [0.4, 0.5) is 0 Å². The van der Waals surface area contributed by atoms with Crippen LogP contribution in [0.1, 0.15) is 17.3 Å². The molecular formula is C24H20N4O2S. The maximum Gasteiger partial charge on any atom is 0.242 e. The largest absolute Gasteiger partial charge is 0.242 e. The van der Waals surface area contributed by atoms with Crippen molar-refractivity contribution in [3.8, 4) is 0 Å². The molecule has 154 valence electrons. The number of fused-ring (bicyclic) bond motifs is 2. The lowest BCUT2D eigenvalue weighted by molar-refractivity contribution is 0.484. The molecule has 0 aliphatic carbocycles. The third-order valence-electron chi connectivity index (χ3n) is 5.34. The van der Waals surface area contributed by atoms with Crippen LogP contribution in [0, 0.1) is 6.92 Å². The van der Waals surface area contributed by atoms with E-state index in [9.17, 15) is 8.42 Å². The predicted molar refractivity (Wildman–Crippen MR) is 121 cm³/mol. The fourth-order valence-electron chi connectivity index (χ4n) is 3.74. The minimum absolute atomic E-state index is 0.202. The third kappa shape index (κ3) is 3.58. The van der Waals surface area contributed by atoms with Gasteiger partial charge < -0.3 is 0 Å². The topological polar surface area (TPSA) is 76.9 Å². The van der Waals surface area contributed by atoms with Crippen LogP contribution in [-0.4, -0.2) is 23.4 Å². The first kappa shape index (κ1) is 19.4. The quantitative estimate of drug-likeness (QED) is 0.450. The average molecular weight is 429 g/mol. The summed E-state index contributed by atoms with van der Waals surface area (Å²) in [7, 11) is -3.83. The standard InChI is InChI=1S/C24H20N4O2S/c1-17-13-15-19(16-14-17)31(29,30)26-24(28-23-12-5-4-11-22(23)25-27-28)21-10-6-8-18-7-2-3-9-20(18)21/h2-16,24,26H,1H3. The van der Waals surface area contributed by atoms with E-state index in [1.165, 1.54) is 0 Å². The normalized spacial score (nSPS) is 12.9. The summed E-state index contributed by atoms with van der Waals surface area (Å²) >= 11 is 0. The molecule has 1 heterocycles. The molecule has 0 saturated heterocycles. The molecule has 5 aromatic rings. The molecule has 0 aliphatic rings. The van der Waals surface area contributed by atoms with Gasteiger partial charge in [0.1, 0.15) is 11.7 Å². The second-order valence-electron chi connectivity index (χ2n) is 7.43. The van der Waals surface area contributed by atoms with Crippen molar-refractivity contribution >= 4 is 31.8 Å². The summed E-state index contributed by atoms with van der Waals surface area (Å²) in [5, 5.41) is 10.5. The molecule has 0 spiro atoms. The number of hydrogen-bond donors (Lipinski definition) is 1. The van der Waals surface area contributed by atoms with Crippen molar-refractivity contribution in [3.63, 3.8) is 0 Å². The Balaban J connectivity index is 1.71. The van der Waals surface area contributed by atoms with Crippen LogP contribution in [0.5, 0.6) is 0 Å². The smallest absolute Gasteiger partial charge is 0.222 e. The fraction of sp³-hybridized carbons (Fsp3) is 0.0833. The number of rotatable bonds is 5. The van der Waals surface area contributed by atoms with Gasteiger partial charge in [0.05, 0.1) is 10.4 Å². The Morgan fingerprint density at radius 1 is 0.839 bits per heavy atom. The first-order chi connectivity index (χ1) is 15.0. The van der Waals surface area contributed by atoms with Crippen LogP contribution in [0.25, 0.3) is 21.8 Å². The molecule has 0 bridgehead atoms. The number of aromatic nitrogens is 3. The number of para-hydroxylation sites is 1. The van der Waals surface area contributed by atoms with Crippen molar-refractivity contribution in [2.45, 2.75) is 18.0 Å². The van der Waals surface area contributed by atoms with Gasteiger partial charge in [0.25, 0.3) is 0 Å². The molecule has 31 heavy (non-hydrogen) atoms. The van der Waals surface area contributed by atoms with Gasteiger partial charge in [-0.15, -0.1) is 5.10 Å². The summed E-state index contributed by atoms with van der Waals surface area (Å²) in [6, 6.07) is 28.0. The minimum Gasteiger partial charge on any atom is -0.222 e. The van der Waals surface area contributed by atoms with Gasteiger partial charge in [-0.1, -0.05) is 77.5 Å². The predicted octanol–water partition coefficient (Wildman–Crippen LogP) is 4.42. The van der Waals surface area contributed by atoms with E-state index < -0.39 is 16.2 Å². The van der Waals surface area contributed by atoms with Gasteiger partial charge in [-0.3, -0.25) is 0 Å². The Bertz CT molecular complexity index is 1490. The van der Waals surface area contributed by atoms with E-state index in [0.29, 0.717) is 5.52 Å². The van der Waals surface area contributed by atoms with Crippen LogP contribution in [0.15, 0.2) is 95.9 Å². The number of nitrogens with zero attached hydrogens (tertiary/aromatic N) is 3. The van der Waals surface area contributed by atoms with Gasteiger partial charge in [0.2, 0.25) is 10.0 Å². The first-order valence-corrected chi connectivity index (χ1v) is 11.4. The van der Waals surface area contributed by atoms with Crippen LogP contribution >= 0.6 is 0 Å². The molecule has 1 aromatic heterocycles. The van der Waals surface area contributed by atoms with E-state index in [1.54, 1.807) is 28.9 Å². The fourth-order valence-corrected chi connectivity index (χ4v) is 4.90. The van der Waals surface area contributed by atoms with Crippen molar-refractivity contribution in [1.29, 1.82) is 0 Å². The third-order valence-corrected chi connectivity index (χ3v) is 6.76. The van der Waals surface area contributed by atoms with E-state index in [-0.39, 0.29) is 4.90 Å². The Morgan fingerprint density at radius 3 is 2.39 bits per heavy atom. The van der Waals surface area contributed by atoms with E-state index in [0.717, 1.165) is 27.4 Å². The zero-order valence-corrected chi connectivity index (χ0v) is 17.6. The molecule has 0 radical (unpaired) electrons. The highest BCUT2D eigenvalue weighted by molar-refractivity contribution is 7.89. The van der Waals surface area contributed by atoms with Gasteiger partial charge >= 0.3 is 0 Å². The number of benzene rings is 4. The van der Waals surface area contributed by atoms with Crippen LogP contribution < -0.4 is 4.72 Å². The molecule has 1 N–H and O–H groups in total. The monoisotopic (exact) mass is 428 g/mol. The Labute approximate surface area is 180 Å². The Morgan fingerprint density at radius 2 is 1.55 bits per heavy atom. The van der Waals surface area contributed by atoms with Crippen molar-refractivity contribution in [1.82, 2.24) is 19.7 Å². The first-order valence-electron chi connectivity index (χ1n) is 9.89. The van der Waals surface area contributed by atoms with Gasteiger partial charge in [-0.2, -0.15) is 4.72 Å².